The van der Waals surface area contributed by atoms with Crippen LogP contribution in [-0.2, 0) is 20.8 Å². The number of ether oxygens (including phenoxy) is 3. The van der Waals surface area contributed by atoms with Gasteiger partial charge in [-0.15, -0.1) is 4.72 Å². The van der Waals surface area contributed by atoms with Gasteiger partial charge in [0.1, 0.15) is 29.4 Å². The SMILES string of the molecule is C=CCOc1cc(Cl)c(Cl)cc1C(N[S+]([O-])C(C)(C)C)[C@H]1[C@@H]2CN(C(O)[C@H]3COC(C)(C)O3)C[C@@H]21. The van der Waals surface area contributed by atoms with Crippen LogP contribution >= 0.6 is 23.2 Å². The van der Waals surface area contributed by atoms with Crippen LogP contribution in [0.15, 0.2) is 24.8 Å². The van der Waals surface area contributed by atoms with Crippen molar-refractivity contribution in [2.45, 2.75) is 63.5 Å². The van der Waals surface area contributed by atoms with Crippen molar-refractivity contribution < 1.29 is 23.9 Å². The molecule has 2 heterocycles. The third-order valence-electron chi connectivity index (χ3n) is 6.95. The first-order valence-electron chi connectivity index (χ1n) is 12.0. The van der Waals surface area contributed by atoms with Crippen LogP contribution in [0, 0.1) is 17.8 Å². The Morgan fingerprint density at radius 2 is 1.94 bits per heavy atom. The summed E-state index contributed by atoms with van der Waals surface area (Å²) >= 11 is 11.4. The number of fused-ring (bicyclic) bond motifs is 1. The zero-order valence-corrected chi connectivity index (χ0v) is 23.3. The lowest BCUT2D eigenvalue weighted by Gasteiger charge is -2.32. The largest absolute Gasteiger partial charge is 0.598 e. The van der Waals surface area contributed by atoms with Gasteiger partial charge in [0, 0.05) is 36.1 Å². The molecule has 3 unspecified atom stereocenters. The monoisotopic (exact) mass is 546 g/mol. The van der Waals surface area contributed by atoms with E-state index in [0.717, 1.165) is 18.7 Å². The number of halogens is 2. The van der Waals surface area contributed by atoms with Crippen LogP contribution in [-0.4, -0.2) is 63.7 Å². The molecular weight excluding hydrogens is 511 g/mol. The molecule has 7 atom stereocenters. The number of aliphatic hydroxyl groups is 1. The summed E-state index contributed by atoms with van der Waals surface area (Å²) in [5.41, 5.74) is 0.833. The molecule has 7 nitrogen and oxygen atoms in total. The van der Waals surface area contributed by atoms with E-state index in [1.54, 1.807) is 12.1 Å². The van der Waals surface area contributed by atoms with E-state index in [-0.39, 0.29) is 18.1 Å². The van der Waals surface area contributed by atoms with Gasteiger partial charge in [-0.3, -0.25) is 4.90 Å². The molecule has 2 N–H and O–H groups in total. The molecule has 196 valence electrons. The van der Waals surface area contributed by atoms with E-state index in [1.165, 1.54) is 0 Å². The van der Waals surface area contributed by atoms with Crippen molar-refractivity contribution in [1.82, 2.24) is 9.62 Å². The number of nitrogens with zero attached hydrogens (tertiary/aromatic N) is 1. The van der Waals surface area contributed by atoms with Gasteiger partial charge in [0.25, 0.3) is 0 Å². The first kappa shape index (κ1) is 27.5. The lowest BCUT2D eigenvalue weighted by molar-refractivity contribution is -0.167. The van der Waals surface area contributed by atoms with Gasteiger partial charge in [0.15, 0.2) is 5.79 Å². The normalized spacial score (nSPS) is 30.5. The Labute approximate surface area is 221 Å². The molecular formula is C25H36Cl2N2O5S. The van der Waals surface area contributed by atoms with Gasteiger partial charge in [0.05, 0.1) is 22.7 Å². The Balaban J connectivity index is 1.54. The van der Waals surface area contributed by atoms with Crippen molar-refractivity contribution in [1.29, 1.82) is 0 Å². The van der Waals surface area contributed by atoms with Crippen LogP contribution in [0.4, 0.5) is 0 Å². The van der Waals surface area contributed by atoms with E-state index in [4.69, 9.17) is 37.4 Å². The molecule has 3 aliphatic rings. The molecule has 4 rings (SSSR count). The van der Waals surface area contributed by atoms with Crippen LogP contribution in [0.2, 0.25) is 10.0 Å². The Morgan fingerprint density at radius 1 is 1.31 bits per heavy atom. The number of hydrogen-bond acceptors (Lipinski definition) is 7. The predicted octanol–water partition coefficient (Wildman–Crippen LogP) is 4.30. The fraction of sp³-hybridized carbons (Fsp3) is 0.680. The quantitative estimate of drug-likeness (QED) is 0.352. The summed E-state index contributed by atoms with van der Waals surface area (Å²) in [6.07, 6.45) is 0.567. The number of hydrogen-bond donors (Lipinski definition) is 2. The zero-order valence-electron chi connectivity index (χ0n) is 20.9. The lowest BCUT2D eigenvalue weighted by atomic mass is 9.98. The topological polar surface area (TPSA) is 86.2 Å². The highest BCUT2D eigenvalue weighted by Crippen LogP contribution is 2.59. The Morgan fingerprint density at radius 3 is 2.49 bits per heavy atom. The Bertz CT molecular complexity index is 931. The molecule has 3 fully saturated rings. The van der Waals surface area contributed by atoms with Crippen molar-refractivity contribution in [3.63, 3.8) is 0 Å². The number of likely N-dealkylation sites (tertiary alicyclic amines) is 1. The van der Waals surface area contributed by atoms with Crippen molar-refractivity contribution in [3.8, 4) is 5.75 Å². The van der Waals surface area contributed by atoms with E-state index in [1.807, 2.05) is 40.7 Å². The third kappa shape index (κ3) is 5.97. The lowest BCUT2D eigenvalue weighted by Crippen LogP contribution is -2.46. The minimum Gasteiger partial charge on any atom is -0.598 e. The number of rotatable bonds is 9. The average Bonchev–Trinajstić information content (AvgIpc) is 3.08. The van der Waals surface area contributed by atoms with Gasteiger partial charge < -0.3 is 23.9 Å². The highest BCUT2D eigenvalue weighted by Gasteiger charge is 2.61. The minimum atomic E-state index is -1.31. The highest BCUT2D eigenvalue weighted by atomic mass is 35.5. The molecule has 1 aromatic rings. The Hall–Kier alpha value is -0.550. The van der Waals surface area contributed by atoms with Gasteiger partial charge in [-0.1, -0.05) is 35.9 Å². The molecule has 1 aromatic carbocycles. The van der Waals surface area contributed by atoms with Crippen LogP contribution < -0.4 is 9.46 Å². The van der Waals surface area contributed by atoms with Crippen LogP contribution in [0.5, 0.6) is 5.75 Å². The van der Waals surface area contributed by atoms with Gasteiger partial charge in [-0.25, -0.2) is 0 Å². The predicted molar refractivity (Wildman–Crippen MR) is 139 cm³/mol. The summed E-state index contributed by atoms with van der Waals surface area (Å²) < 4.78 is 33.6. The van der Waals surface area contributed by atoms with Crippen molar-refractivity contribution in [3.05, 3.63) is 40.4 Å². The summed E-state index contributed by atoms with van der Waals surface area (Å²) in [6.45, 7) is 15.4. The van der Waals surface area contributed by atoms with Gasteiger partial charge >= 0.3 is 0 Å². The van der Waals surface area contributed by atoms with E-state index in [0.29, 0.717) is 40.8 Å². The summed E-state index contributed by atoms with van der Waals surface area (Å²) in [5.74, 6) is 0.791. The first-order valence-corrected chi connectivity index (χ1v) is 13.9. The van der Waals surface area contributed by atoms with Crippen molar-refractivity contribution in [2.24, 2.45) is 17.8 Å². The van der Waals surface area contributed by atoms with Gasteiger partial charge in [-0.05, 0) is 58.4 Å². The van der Waals surface area contributed by atoms with Crippen molar-refractivity contribution >= 4 is 34.6 Å². The van der Waals surface area contributed by atoms with Crippen LogP contribution in [0.1, 0.15) is 46.2 Å². The second kappa shape index (κ2) is 10.3. The highest BCUT2D eigenvalue weighted by molar-refractivity contribution is 7.90. The Kier molecular flexibility index (Phi) is 8.10. The minimum absolute atomic E-state index is 0.213. The smallest absolute Gasteiger partial charge is 0.163 e. The molecule has 2 aliphatic heterocycles. The maximum Gasteiger partial charge on any atom is 0.163 e. The molecule has 0 aromatic heterocycles. The number of nitrogens with one attached hydrogen (secondary N) is 1. The number of piperidine rings is 1. The van der Waals surface area contributed by atoms with Crippen molar-refractivity contribution in [2.75, 3.05) is 26.3 Å². The summed E-state index contributed by atoms with van der Waals surface area (Å²) in [7, 11) is 0. The molecule has 10 heteroatoms. The number of aliphatic hydroxyl groups excluding tert-OH is 1. The average molecular weight is 548 g/mol. The molecule has 2 saturated heterocycles. The first-order chi connectivity index (χ1) is 16.3. The maximum absolute atomic E-state index is 13.2. The maximum atomic E-state index is 13.2. The molecule has 1 aliphatic carbocycles. The van der Waals surface area contributed by atoms with E-state index in [2.05, 4.69) is 16.2 Å². The molecule has 1 saturated carbocycles. The second-order valence-electron chi connectivity index (χ2n) is 11.0. The zero-order chi connectivity index (χ0) is 25.7. The standard InChI is InChI=1S/C25H36Cl2N2O5S/c1-7-8-32-19-10-18(27)17(26)9-14(19)22(28-35(31)24(2,3)4)21-15-11-29(12-16(15)21)23(30)20-13-33-25(5,6)34-20/h7,9-10,15-16,20-23,28,30H,1,8,11-13H2,2-6H3/t15-,16+,20-,21+,22?,23?,35?/m1/s1. The van der Waals surface area contributed by atoms with Gasteiger partial charge in [0.2, 0.25) is 0 Å². The molecule has 0 radical (unpaired) electrons. The van der Waals surface area contributed by atoms with Crippen LogP contribution in [0.3, 0.4) is 0 Å². The second-order valence-corrected chi connectivity index (χ2v) is 13.8. The summed E-state index contributed by atoms with van der Waals surface area (Å²) in [5, 5.41) is 11.7. The fourth-order valence-electron chi connectivity index (χ4n) is 5.12. The summed E-state index contributed by atoms with van der Waals surface area (Å²) in [4.78, 5) is 2.06. The molecule has 35 heavy (non-hydrogen) atoms. The van der Waals surface area contributed by atoms with E-state index < -0.39 is 28.1 Å². The van der Waals surface area contributed by atoms with E-state index >= 15 is 0 Å². The van der Waals surface area contributed by atoms with Crippen LogP contribution in [0.25, 0.3) is 0 Å². The summed E-state index contributed by atoms with van der Waals surface area (Å²) in [6, 6.07) is 3.28. The molecule has 0 spiro atoms. The molecule has 0 amide bonds. The molecule has 0 bridgehead atoms. The van der Waals surface area contributed by atoms with E-state index in [9.17, 15) is 9.66 Å². The third-order valence-corrected chi connectivity index (χ3v) is 9.25. The van der Waals surface area contributed by atoms with Gasteiger partial charge in [-0.2, -0.15) is 0 Å². The fourth-order valence-corrected chi connectivity index (χ4v) is 6.31. The number of benzene rings is 1.